The number of carbonyl (C=O) groups excluding carboxylic acids is 1. The highest BCUT2D eigenvalue weighted by atomic mass is 35.5. The van der Waals surface area contributed by atoms with Crippen LogP contribution in [-0.4, -0.2) is 31.2 Å². The van der Waals surface area contributed by atoms with Gasteiger partial charge in [-0.15, -0.1) is 12.4 Å². The van der Waals surface area contributed by atoms with Crippen LogP contribution in [0.15, 0.2) is 30.3 Å². The van der Waals surface area contributed by atoms with Gasteiger partial charge in [-0.1, -0.05) is 36.8 Å². The quantitative estimate of drug-likeness (QED) is 0.721. The Morgan fingerprint density at radius 1 is 1.18 bits per heavy atom. The van der Waals surface area contributed by atoms with Gasteiger partial charge in [0.25, 0.3) is 0 Å². The second-order valence-electron chi connectivity index (χ2n) is 5.65. The number of nitrogens with one attached hydrogen (secondary N) is 1. The van der Waals surface area contributed by atoms with E-state index in [-0.39, 0.29) is 30.5 Å². The summed E-state index contributed by atoms with van der Waals surface area (Å²) in [6, 6.07) is 10.5. The fourth-order valence-corrected chi connectivity index (χ4v) is 2.67. The molecule has 0 unspecified atom stereocenters. The largest absolute Gasteiger partial charge is 0.364 e. The highest BCUT2D eigenvalue weighted by Gasteiger charge is 2.29. The van der Waals surface area contributed by atoms with Crippen LogP contribution in [0.5, 0.6) is 0 Å². The summed E-state index contributed by atoms with van der Waals surface area (Å²) < 4.78 is 5.57. The van der Waals surface area contributed by atoms with E-state index in [1.165, 1.54) is 5.56 Å². The minimum absolute atomic E-state index is 0. The molecule has 2 rings (SSSR count). The first-order valence-corrected chi connectivity index (χ1v) is 7.96. The lowest BCUT2D eigenvalue weighted by Crippen LogP contribution is -2.36. The van der Waals surface area contributed by atoms with Gasteiger partial charge in [-0.05, 0) is 37.7 Å². The Morgan fingerprint density at radius 3 is 2.64 bits per heavy atom. The van der Waals surface area contributed by atoms with E-state index < -0.39 is 0 Å². The summed E-state index contributed by atoms with van der Waals surface area (Å²) >= 11 is 0. The second-order valence-corrected chi connectivity index (χ2v) is 5.65. The number of rotatable bonds is 8. The van der Waals surface area contributed by atoms with Gasteiger partial charge in [0.05, 0.1) is 6.10 Å². The molecule has 124 valence electrons. The second kappa shape index (κ2) is 10.6. The summed E-state index contributed by atoms with van der Waals surface area (Å²) in [5.41, 5.74) is 6.93. The van der Waals surface area contributed by atoms with Crippen LogP contribution in [0.25, 0.3) is 0 Å². The van der Waals surface area contributed by atoms with E-state index in [0.717, 1.165) is 45.1 Å². The fraction of sp³-hybridized carbons (Fsp3) is 0.588. The Kier molecular flexibility index (Phi) is 9.13. The van der Waals surface area contributed by atoms with Gasteiger partial charge in [-0.3, -0.25) is 4.79 Å². The SMILES string of the molecule is Cl.NC[C@H]1CC[C@@H](C(=O)NCCCCCc2ccccc2)O1. The summed E-state index contributed by atoms with van der Waals surface area (Å²) in [5, 5.41) is 2.96. The lowest BCUT2D eigenvalue weighted by molar-refractivity contribution is -0.131. The van der Waals surface area contributed by atoms with Crippen LogP contribution >= 0.6 is 12.4 Å². The smallest absolute Gasteiger partial charge is 0.249 e. The predicted molar refractivity (Wildman–Crippen MR) is 91.2 cm³/mol. The minimum Gasteiger partial charge on any atom is -0.364 e. The van der Waals surface area contributed by atoms with Crippen molar-refractivity contribution in [3.63, 3.8) is 0 Å². The van der Waals surface area contributed by atoms with E-state index >= 15 is 0 Å². The molecule has 5 heteroatoms. The first-order valence-electron chi connectivity index (χ1n) is 7.96. The number of benzene rings is 1. The number of hydrogen-bond donors (Lipinski definition) is 2. The van der Waals surface area contributed by atoms with Gasteiger partial charge < -0.3 is 15.8 Å². The number of amides is 1. The van der Waals surface area contributed by atoms with Gasteiger partial charge >= 0.3 is 0 Å². The molecule has 4 nitrogen and oxygen atoms in total. The molecule has 1 aromatic carbocycles. The molecule has 1 aromatic rings. The molecule has 1 aliphatic rings. The van der Waals surface area contributed by atoms with E-state index in [4.69, 9.17) is 10.5 Å². The van der Waals surface area contributed by atoms with Gasteiger partial charge in [-0.25, -0.2) is 0 Å². The third kappa shape index (κ3) is 6.34. The van der Waals surface area contributed by atoms with Crippen molar-refractivity contribution in [2.45, 2.75) is 50.7 Å². The zero-order chi connectivity index (χ0) is 14.9. The molecule has 3 N–H and O–H groups in total. The third-order valence-electron chi connectivity index (χ3n) is 3.95. The number of unbranched alkanes of at least 4 members (excludes halogenated alkanes) is 2. The van der Waals surface area contributed by atoms with Crippen molar-refractivity contribution < 1.29 is 9.53 Å². The van der Waals surface area contributed by atoms with Gasteiger partial charge in [0.15, 0.2) is 0 Å². The van der Waals surface area contributed by atoms with Crippen LogP contribution in [0.2, 0.25) is 0 Å². The molecule has 0 saturated carbocycles. The van der Waals surface area contributed by atoms with Crippen molar-refractivity contribution >= 4 is 18.3 Å². The average Bonchev–Trinajstić information content (AvgIpc) is 3.00. The van der Waals surface area contributed by atoms with Crippen LogP contribution in [0.4, 0.5) is 0 Å². The Hall–Kier alpha value is -1.10. The molecule has 1 heterocycles. The van der Waals surface area contributed by atoms with Crippen LogP contribution in [0.3, 0.4) is 0 Å². The van der Waals surface area contributed by atoms with Crippen molar-refractivity contribution in [3.8, 4) is 0 Å². The van der Waals surface area contributed by atoms with Crippen molar-refractivity contribution in [1.29, 1.82) is 0 Å². The maximum absolute atomic E-state index is 11.9. The molecule has 0 radical (unpaired) electrons. The van der Waals surface area contributed by atoms with E-state index in [2.05, 4.69) is 29.6 Å². The number of carbonyl (C=O) groups is 1. The summed E-state index contributed by atoms with van der Waals surface area (Å²) in [4.78, 5) is 11.9. The number of halogens is 1. The standard InChI is InChI=1S/C17H26N2O2.ClH/c18-13-15-10-11-16(21-15)17(20)19-12-6-2-5-9-14-7-3-1-4-8-14;/h1,3-4,7-8,15-16H,2,5-6,9-13,18H2,(H,19,20);1H/t15-,16+;/m1./s1. The van der Waals surface area contributed by atoms with Crippen LogP contribution in [-0.2, 0) is 16.0 Å². The maximum Gasteiger partial charge on any atom is 0.249 e. The van der Waals surface area contributed by atoms with Crippen LogP contribution in [0.1, 0.15) is 37.7 Å². The molecule has 0 bridgehead atoms. The lowest BCUT2D eigenvalue weighted by Gasteiger charge is -2.12. The average molecular weight is 327 g/mol. The van der Waals surface area contributed by atoms with E-state index in [1.807, 2.05) is 6.07 Å². The van der Waals surface area contributed by atoms with Gasteiger partial charge in [-0.2, -0.15) is 0 Å². The Labute approximate surface area is 139 Å². The molecule has 22 heavy (non-hydrogen) atoms. The number of nitrogens with two attached hydrogens (primary N) is 1. The normalized spacial score (nSPS) is 20.4. The third-order valence-corrected chi connectivity index (χ3v) is 3.95. The highest BCUT2D eigenvalue weighted by Crippen LogP contribution is 2.18. The number of hydrogen-bond acceptors (Lipinski definition) is 3. The monoisotopic (exact) mass is 326 g/mol. The molecule has 1 aliphatic heterocycles. The summed E-state index contributed by atoms with van der Waals surface area (Å²) in [5.74, 6) is 0.0222. The van der Waals surface area contributed by atoms with E-state index in [9.17, 15) is 4.79 Å². The molecule has 0 aromatic heterocycles. The summed E-state index contributed by atoms with van der Waals surface area (Å²) in [6.07, 6.45) is 5.88. The minimum atomic E-state index is -0.289. The zero-order valence-corrected chi connectivity index (χ0v) is 13.8. The molecule has 1 fully saturated rings. The number of aryl methyl sites for hydroxylation is 1. The van der Waals surface area contributed by atoms with Crippen molar-refractivity contribution in [1.82, 2.24) is 5.32 Å². The topological polar surface area (TPSA) is 64.4 Å². The zero-order valence-electron chi connectivity index (χ0n) is 13.0. The molecular formula is C17H27ClN2O2. The van der Waals surface area contributed by atoms with E-state index in [0.29, 0.717) is 6.54 Å². The van der Waals surface area contributed by atoms with Crippen molar-refractivity contribution in [2.24, 2.45) is 5.73 Å². The van der Waals surface area contributed by atoms with Crippen molar-refractivity contribution in [3.05, 3.63) is 35.9 Å². The molecule has 2 atom stereocenters. The first-order chi connectivity index (χ1) is 10.3. The van der Waals surface area contributed by atoms with Crippen molar-refractivity contribution in [2.75, 3.05) is 13.1 Å². The first kappa shape index (κ1) is 18.9. The lowest BCUT2D eigenvalue weighted by atomic mass is 10.1. The summed E-state index contributed by atoms with van der Waals surface area (Å²) in [7, 11) is 0. The fourth-order valence-electron chi connectivity index (χ4n) is 2.67. The van der Waals surface area contributed by atoms with Gasteiger partial charge in [0.2, 0.25) is 5.91 Å². The predicted octanol–water partition coefficient (Wildman–Crippen LogP) is 2.44. The maximum atomic E-state index is 11.9. The Balaban J connectivity index is 0.00000242. The Morgan fingerprint density at radius 2 is 1.95 bits per heavy atom. The molecule has 1 amide bonds. The van der Waals surface area contributed by atoms with Crippen LogP contribution in [0, 0.1) is 0 Å². The molecular weight excluding hydrogens is 300 g/mol. The molecule has 0 aliphatic carbocycles. The Bertz CT molecular complexity index is 428. The molecule has 1 saturated heterocycles. The van der Waals surface area contributed by atoms with E-state index in [1.54, 1.807) is 0 Å². The molecule has 0 spiro atoms. The van der Waals surface area contributed by atoms with Crippen LogP contribution < -0.4 is 11.1 Å². The summed E-state index contributed by atoms with van der Waals surface area (Å²) in [6.45, 7) is 1.24. The highest BCUT2D eigenvalue weighted by molar-refractivity contribution is 5.85. The number of ether oxygens (including phenoxy) is 1. The van der Waals surface area contributed by atoms with Gasteiger partial charge in [0, 0.05) is 13.1 Å². The van der Waals surface area contributed by atoms with Gasteiger partial charge in [0.1, 0.15) is 6.10 Å².